The Morgan fingerprint density at radius 2 is 1.85 bits per heavy atom. The molecule has 0 amide bonds. The lowest BCUT2D eigenvalue weighted by atomic mass is 10.2. The largest absolute Gasteiger partial charge is 0.361 e. The van der Waals surface area contributed by atoms with E-state index in [9.17, 15) is 0 Å². The molecule has 0 saturated carbocycles. The summed E-state index contributed by atoms with van der Waals surface area (Å²) in [6.45, 7) is 1.89. The van der Waals surface area contributed by atoms with E-state index >= 15 is 0 Å². The van der Waals surface area contributed by atoms with Crippen LogP contribution in [0, 0.1) is 0 Å². The number of para-hydroxylation sites is 1. The Kier molecular flexibility index (Phi) is 3.70. The number of likely N-dealkylation sites (N-methyl/N-ethyl adjacent to an activating group) is 1. The third-order valence-electron chi connectivity index (χ3n) is 3.50. The maximum atomic E-state index is 3.24. The minimum Gasteiger partial charge on any atom is -0.361 e. The molecule has 3 heteroatoms. The fourth-order valence-corrected chi connectivity index (χ4v) is 2.45. The minimum absolute atomic E-state index is 0.941. The molecule has 2 aromatic carbocycles. The second-order valence-corrected chi connectivity index (χ2v) is 4.84. The van der Waals surface area contributed by atoms with Gasteiger partial charge in [0.2, 0.25) is 0 Å². The Hall–Kier alpha value is -2.26. The molecule has 102 valence electrons. The van der Waals surface area contributed by atoms with E-state index in [1.54, 1.807) is 0 Å². The van der Waals surface area contributed by atoms with Crippen LogP contribution in [0.15, 0.2) is 60.8 Å². The number of hydrogen-bond donors (Lipinski definition) is 2. The molecule has 3 rings (SSSR count). The monoisotopic (exact) mass is 265 g/mol. The van der Waals surface area contributed by atoms with Crippen LogP contribution >= 0.6 is 0 Å². The molecule has 0 aliphatic rings. The van der Waals surface area contributed by atoms with Crippen LogP contribution in [0.1, 0.15) is 0 Å². The van der Waals surface area contributed by atoms with Gasteiger partial charge in [0.1, 0.15) is 0 Å². The van der Waals surface area contributed by atoms with E-state index in [1.165, 1.54) is 22.3 Å². The van der Waals surface area contributed by atoms with E-state index in [0.29, 0.717) is 0 Å². The summed E-state index contributed by atoms with van der Waals surface area (Å²) < 4.78 is 0. The molecule has 0 saturated heterocycles. The topological polar surface area (TPSA) is 31.1 Å². The highest BCUT2D eigenvalue weighted by atomic mass is 15.1. The zero-order valence-corrected chi connectivity index (χ0v) is 11.6. The van der Waals surface area contributed by atoms with Crippen LogP contribution in [-0.2, 0) is 0 Å². The number of nitrogens with zero attached hydrogens (tertiary/aromatic N) is 1. The van der Waals surface area contributed by atoms with Crippen molar-refractivity contribution in [2.75, 3.05) is 25.0 Å². The van der Waals surface area contributed by atoms with Gasteiger partial charge in [0.15, 0.2) is 0 Å². The minimum atomic E-state index is 0.941. The number of aromatic amines is 1. The molecule has 3 nitrogen and oxygen atoms in total. The van der Waals surface area contributed by atoms with Crippen LogP contribution in [0.3, 0.4) is 0 Å². The van der Waals surface area contributed by atoms with Gasteiger partial charge in [-0.15, -0.1) is 0 Å². The van der Waals surface area contributed by atoms with Gasteiger partial charge in [-0.2, -0.15) is 0 Å². The van der Waals surface area contributed by atoms with Crippen molar-refractivity contribution >= 4 is 22.3 Å². The maximum Gasteiger partial charge on any atom is 0.0455 e. The first-order chi connectivity index (χ1) is 9.88. The highest BCUT2D eigenvalue weighted by Crippen LogP contribution is 2.27. The third-order valence-corrected chi connectivity index (χ3v) is 3.50. The van der Waals surface area contributed by atoms with Gasteiger partial charge < -0.3 is 15.2 Å². The van der Waals surface area contributed by atoms with Crippen LogP contribution in [0.25, 0.3) is 10.9 Å². The first kappa shape index (κ1) is 12.8. The number of nitrogens with one attached hydrogen (secondary N) is 2. The number of H-pyrrole nitrogens is 1. The second-order valence-electron chi connectivity index (χ2n) is 4.84. The Balaban J connectivity index is 1.99. The lowest BCUT2D eigenvalue weighted by Crippen LogP contribution is -2.26. The molecule has 3 aromatic rings. The highest BCUT2D eigenvalue weighted by molar-refractivity contribution is 5.84. The Morgan fingerprint density at radius 1 is 1.00 bits per heavy atom. The number of benzene rings is 2. The number of anilines is 2. The molecule has 0 unspecified atom stereocenters. The molecule has 0 fully saturated rings. The van der Waals surface area contributed by atoms with E-state index in [2.05, 4.69) is 69.8 Å². The maximum absolute atomic E-state index is 3.24. The van der Waals surface area contributed by atoms with Crippen molar-refractivity contribution in [1.82, 2.24) is 10.3 Å². The summed E-state index contributed by atoms with van der Waals surface area (Å²) in [5.41, 5.74) is 3.62. The van der Waals surface area contributed by atoms with Crippen LogP contribution in [0.4, 0.5) is 11.4 Å². The van der Waals surface area contributed by atoms with Gasteiger partial charge in [0.25, 0.3) is 0 Å². The zero-order valence-electron chi connectivity index (χ0n) is 11.6. The van der Waals surface area contributed by atoms with Crippen molar-refractivity contribution in [3.63, 3.8) is 0 Å². The van der Waals surface area contributed by atoms with Gasteiger partial charge in [-0.25, -0.2) is 0 Å². The highest BCUT2D eigenvalue weighted by Gasteiger charge is 2.09. The van der Waals surface area contributed by atoms with E-state index in [-0.39, 0.29) is 0 Å². The summed E-state index contributed by atoms with van der Waals surface area (Å²) in [5.74, 6) is 0. The molecule has 1 aromatic heterocycles. The predicted octanol–water partition coefficient (Wildman–Crippen LogP) is 3.53. The quantitative estimate of drug-likeness (QED) is 0.739. The van der Waals surface area contributed by atoms with Crippen molar-refractivity contribution in [3.8, 4) is 0 Å². The Labute approximate surface area is 119 Å². The first-order valence-electron chi connectivity index (χ1n) is 6.93. The molecular weight excluding hydrogens is 246 g/mol. The fourth-order valence-electron chi connectivity index (χ4n) is 2.45. The summed E-state index contributed by atoms with van der Waals surface area (Å²) in [6.07, 6.45) is 1.98. The molecule has 0 aliphatic carbocycles. The lowest BCUT2D eigenvalue weighted by Gasteiger charge is -2.25. The molecule has 0 atom stereocenters. The average Bonchev–Trinajstić information content (AvgIpc) is 2.96. The van der Waals surface area contributed by atoms with Gasteiger partial charge >= 0.3 is 0 Å². The summed E-state index contributed by atoms with van der Waals surface area (Å²) in [5, 5.41) is 4.47. The van der Waals surface area contributed by atoms with Crippen molar-refractivity contribution in [2.45, 2.75) is 0 Å². The van der Waals surface area contributed by atoms with Gasteiger partial charge in [-0.3, -0.25) is 0 Å². The normalized spacial score (nSPS) is 10.8. The first-order valence-corrected chi connectivity index (χ1v) is 6.93. The van der Waals surface area contributed by atoms with Crippen molar-refractivity contribution in [1.29, 1.82) is 0 Å². The van der Waals surface area contributed by atoms with Gasteiger partial charge in [0, 0.05) is 41.6 Å². The van der Waals surface area contributed by atoms with Crippen LogP contribution < -0.4 is 10.2 Å². The van der Waals surface area contributed by atoms with E-state index < -0.39 is 0 Å². The van der Waals surface area contributed by atoms with E-state index in [1.807, 2.05) is 13.2 Å². The number of hydrogen-bond acceptors (Lipinski definition) is 2. The fraction of sp³-hybridized carbons (Fsp3) is 0.176. The lowest BCUT2D eigenvalue weighted by molar-refractivity contribution is 0.784. The standard InChI is InChI=1S/C17H19N3/c1-18-11-12-20(15-5-3-2-4-6-15)16-7-8-17-14(13-16)9-10-19-17/h2-10,13,18-19H,11-12H2,1H3. The van der Waals surface area contributed by atoms with Crippen LogP contribution in [-0.4, -0.2) is 25.1 Å². The summed E-state index contributed by atoms with van der Waals surface area (Å²) in [4.78, 5) is 5.57. The number of rotatable bonds is 5. The Bertz CT molecular complexity index is 673. The summed E-state index contributed by atoms with van der Waals surface area (Å²) in [7, 11) is 1.98. The van der Waals surface area contributed by atoms with E-state index in [4.69, 9.17) is 0 Å². The summed E-state index contributed by atoms with van der Waals surface area (Å²) >= 11 is 0. The number of fused-ring (bicyclic) bond motifs is 1. The molecule has 1 heterocycles. The molecule has 0 bridgehead atoms. The molecule has 0 radical (unpaired) electrons. The smallest absolute Gasteiger partial charge is 0.0455 e. The zero-order chi connectivity index (χ0) is 13.8. The summed E-state index contributed by atoms with van der Waals surface area (Å²) in [6, 6.07) is 19.2. The number of aromatic nitrogens is 1. The van der Waals surface area contributed by atoms with Gasteiger partial charge in [0.05, 0.1) is 0 Å². The van der Waals surface area contributed by atoms with Crippen LogP contribution in [0.2, 0.25) is 0 Å². The average molecular weight is 265 g/mol. The van der Waals surface area contributed by atoms with Crippen LogP contribution in [0.5, 0.6) is 0 Å². The van der Waals surface area contributed by atoms with Gasteiger partial charge in [-0.1, -0.05) is 18.2 Å². The van der Waals surface area contributed by atoms with Crippen molar-refractivity contribution in [3.05, 3.63) is 60.8 Å². The molecular formula is C17H19N3. The predicted molar refractivity (Wildman–Crippen MR) is 85.7 cm³/mol. The van der Waals surface area contributed by atoms with E-state index in [0.717, 1.165) is 13.1 Å². The molecule has 0 aliphatic heterocycles. The Morgan fingerprint density at radius 3 is 2.65 bits per heavy atom. The van der Waals surface area contributed by atoms with Crippen molar-refractivity contribution in [2.24, 2.45) is 0 Å². The molecule has 0 spiro atoms. The third kappa shape index (κ3) is 2.53. The SMILES string of the molecule is CNCCN(c1ccccc1)c1ccc2[nH]ccc2c1. The second kappa shape index (κ2) is 5.80. The molecule has 2 N–H and O–H groups in total. The molecule has 20 heavy (non-hydrogen) atoms. The van der Waals surface area contributed by atoms with Gasteiger partial charge in [-0.05, 0) is 43.4 Å². The van der Waals surface area contributed by atoms with Crippen molar-refractivity contribution < 1.29 is 0 Å².